The van der Waals surface area contributed by atoms with Crippen molar-refractivity contribution in [2.45, 2.75) is 71.8 Å². The smallest absolute Gasteiger partial charge is 0.311 e. The van der Waals surface area contributed by atoms with Crippen LogP contribution in [0.3, 0.4) is 0 Å². The van der Waals surface area contributed by atoms with Gasteiger partial charge in [-0.3, -0.25) is 9.69 Å². The maximum Gasteiger partial charge on any atom is 0.311 e. The SMILES string of the molecule is COCC1N(c2cccc(-c3cccc(C)c3OCc3cc(C)c4c(c3)CN(C3CCOCC3)C4)n2)CC[C@@]1(C)C(=O)O. The minimum absolute atomic E-state index is 0.309. The second-order valence-electron chi connectivity index (χ2n) is 12.6. The molecular formula is C35H43N3O5. The molecule has 2 fully saturated rings. The lowest BCUT2D eigenvalue weighted by Gasteiger charge is -2.32. The average Bonchev–Trinajstić information content (AvgIpc) is 3.60. The molecule has 3 aliphatic heterocycles. The van der Waals surface area contributed by atoms with E-state index in [1.807, 2.05) is 30.3 Å². The molecule has 0 bridgehead atoms. The molecule has 3 aromatic rings. The zero-order chi connectivity index (χ0) is 30.1. The molecule has 228 valence electrons. The van der Waals surface area contributed by atoms with E-state index < -0.39 is 11.4 Å². The van der Waals surface area contributed by atoms with Gasteiger partial charge in [-0.15, -0.1) is 0 Å². The van der Waals surface area contributed by atoms with Gasteiger partial charge in [-0.2, -0.15) is 0 Å². The van der Waals surface area contributed by atoms with Crippen molar-refractivity contribution in [3.63, 3.8) is 0 Å². The molecule has 1 N–H and O–H groups in total. The molecule has 0 amide bonds. The Hall–Kier alpha value is -3.46. The van der Waals surface area contributed by atoms with Crippen LogP contribution in [0.5, 0.6) is 5.75 Å². The number of nitrogens with zero attached hydrogens (tertiary/aromatic N) is 3. The van der Waals surface area contributed by atoms with E-state index in [0.29, 0.717) is 32.2 Å². The number of hydrogen-bond donors (Lipinski definition) is 1. The van der Waals surface area contributed by atoms with E-state index >= 15 is 0 Å². The van der Waals surface area contributed by atoms with E-state index in [4.69, 9.17) is 19.2 Å². The van der Waals surface area contributed by atoms with Crippen LogP contribution in [0.15, 0.2) is 48.5 Å². The van der Waals surface area contributed by atoms with Crippen molar-refractivity contribution < 1.29 is 24.1 Å². The van der Waals surface area contributed by atoms with Crippen molar-refractivity contribution in [3.05, 3.63) is 76.3 Å². The summed E-state index contributed by atoms with van der Waals surface area (Å²) in [7, 11) is 1.61. The molecule has 43 heavy (non-hydrogen) atoms. The minimum Gasteiger partial charge on any atom is -0.488 e. The van der Waals surface area contributed by atoms with Gasteiger partial charge in [0.15, 0.2) is 0 Å². The summed E-state index contributed by atoms with van der Waals surface area (Å²) in [5, 5.41) is 10.0. The molecule has 6 rings (SSSR count). The van der Waals surface area contributed by atoms with Gasteiger partial charge in [0.1, 0.15) is 18.2 Å². The molecule has 8 heteroatoms. The fourth-order valence-corrected chi connectivity index (χ4v) is 7.12. The van der Waals surface area contributed by atoms with Gasteiger partial charge >= 0.3 is 5.97 Å². The molecule has 3 aliphatic rings. The number of carbonyl (C=O) groups is 1. The number of pyridine rings is 1. The maximum atomic E-state index is 12.2. The molecule has 0 saturated carbocycles. The Morgan fingerprint density at radius 1 is 1.09 bits per heavy atom. The number of ether oxygens (including phenoxy) is 3. The number of aromatic nitrogens is 1. The minimum atomic E-state index is -0.902. The summed E-state index contributed by atoms with van der Waals surface area (Å²) in [5.74, 6) is 0.764. The van der Waals surface area contributed by atoms with Crippen LogP contribution in [0.1, 0.15) is 54.0 Å². The number of anilines is 1. The number of methoxy groups -OCH3 is 1. The Morgan fingerprint density at radius 2 is 1.88 bits per heavy atom. The van der Waals surface area contributed by atoms with Crippen LogP contribution in [0.4, 0.5) is 5.82 Å². The van der Waals surface area contributed by atoms with Gasteiger partial charge in [0.25, 0.3) is 0 Å². The van der Waals surface area contributed by atoms with Gasteiger partial charge in [0, 0.05) is 51.6 Å². The molecule has 0 spiro atoms. The fourth-order valence-electron chi connectivity index (χ4n) is 7.12. The molecule has 8 nitrogen and oxygen atoms in total. The summed E-state index contributed by atoms with van der Waals surface area (Å²) in [4.78, 5) is 21.9. The monoisotopic (exact) mass is 585 g/mol. The molecule has 1 unspecified atom stereocenters. The van der Waals surface area contributed by atoms with Crippen LogP contribution in [0.25, 0.3) is 11.3 Å². The molecule has 2 aromatic carbocycles. The largest absolute Gasteiger partial charge is 0.488 e. The Labute approximate surface area is 254 Å². The lowest BCUT2D eigenvalue weighted by molar-refractivity contribution is -0.148. The number of hydrogen-bond acceptors (Lipinski definition) is 7. The summed E-state index contributed by atoms with van der Waals surface area (Å²) in [6.45, 7) is 11.2. The normalized spacial score (nSPS) is 22.6. The van der Waals surface area contributed by atoms with Crippen molar-refractivity contribution in [2.24, 2.45) is 5.41 Å². The van der Waals surface area contributed by atoms with Crippen LogP contribution in [0.2, 0.25) is 0 Å². The Bertz CT molecular complexity index is 1490. The van der Waals surface area contributed by atoms with E-state index in [9.17, 15) is 9.90 Å². The maximum absolute atomic E-state index is 12.2. The van der Waals surface area contributed by atoms with Crippen molar-refractivity contribution >= 4 is 11.8 Å². The third-order valence-corrected chi connectivity index (χ3v) is 9.76. The zero-order valence-electron chi connectivity index (χ0n) is 25.8. The van der Waals surface area contributed by atoms with E-state index in [2.05, 4.69) is 41.8 Å². The van der Waals surface area contributed by atoms with Gasteiger partial charge in [-0.25, -0.2) is 4.98 Å². The topological polar surface area (TPSA) is 84.4 Å². The van der Waals surface area contributed by atoms with Gasteiger partial charge in [-0.1, -0.05) is 30.3 Å². The number of carboxylic acids is 1. The molecule has 2 atom stereocenters. The van der Waals surface area contributed by atoms with Crippen LogP contribution in [-0.4, -0.2) is 66.5 Å². The first-order chi connectivity index (χ1) is 20.8. The second-order valence-corrected chi connectivity index (χ2v) is 12.6. The number of rotatable bonds is 9. The lowest BCUT2D eigenvalue weighted by atomic mass is 9.83. The summed E-state index contributed by atoms with van der Waals surface area (Å²) >= 11 is 0. The van der Waals surface area contributed by atoms with Crippen LogP contribution >= 0.6 is 0 Å². The highest BCUT2D eigenvalue weighted by atomic mass is 16.5. The van der Waals surface area contributed by atoms with Gasteiger partial charge < -0.3 is 24.2 Å². The summed E-state index contributed by atoms with van der Waals surface area (Å²) in [6, 6.07) is 17.0. The predicted molar refractivity (Wildman–Crippen MR) is 166 cm³/mol. The zero-order valence-corrected chi connectivity index (χ0v) is 25.8. The molecule has 2 saturated heterocycles. The first kappa shape index (κ1) is 29.6. The Kier molecular flexibility index (Phi) is 8.45. The van der Waals surface area contributed by atoms with Crippen molar-refractivity contribution in [1.82, 2.24) is 9.88 Å². The summed E-state index contributed by atoms with van der Waals surface area (Å²) < 4.78 is 17.6. The van der Waals surface area contributed by atoms with E-state index in [-0.39, 0.29) is 6.04 Å². The Morgan fingerprint density at radius 3 is 2.65 bits per heavy atom. The van der Waals surface area contributed by atoms with Gasteiger partial charge in [-0.05, 0) is 86.1 Å². The molecule has 1 aromatic heterocycles. The lowest BCUT2D eigenvalue weighted by Crippen LogP contribution is -2.46. The molecular weight excluding hydrogens is 542 g/mol. The number of benzene rings is 2. The second kappa shape index (κ2) is 12.3. The van der Waals surface area contributed by atoms with Crippen molar-refractivity contribution in [1.29, 1.82) is 0 Å². The summed E-state index contributed by atoms with van der Waals surface area (Å²) in [5.41, 5.74) is 7.24. The van der Waals surface area contributed by atoms with Crippen LogP contribution in [0, 0.1) is 19.3 Å². The van der Waals surface area contributed by atoms with Crippen LogP contribution < -0.4 is 9.64 Å². The van der Waals surface area contributed by atoms with Crippen LogP contribution in [-0.2, 0) is 34.0 Å². The number of carboxylic acid groups (broad SMARTS) is 1. The van der Waals surface area contributed by atoms with E-state index in [0.717, 1.165) is 67.5 Å². The number of fused-ring (bicyclic) bond motifs is 1. The average molecular weight is 586 g/mol. The van der Waals surface area contributed by atoms with Crippen molar-refractivity contribution in [3.8, 4) is 17.0 Å². The predicted octanol–water partition coefficient (Wildman–Crippen LogP) is 5.76. The number of para-hydroxylation sites is 1. The number of aryl methyl sites for hydroxylation is 2. The highest BCUT2D eigenvalue weighted by Crippen LogP contribution is 2.41. The van der Waals surface area contributed by atoms with Gasteiger partial charge in [0.2, 0.25) is 0 Å². The first-order valence-corrected chi connectivity index (χ1v) is 15.4. The molecule has 4 heterocycles. The third-order valence-electron chi connectivity index (χ3n) is 9.76. The van der Waals surface area contributed by atoms with Gasteiger partial charge in [0.05, 0.1) is 23.8 Å². The highest BCUT2D eigenvalue weighted by molar-refractivity contribution is 5.77. The molecule has 0 aliphatic carbocycles. The standard InChI is InChI=1S/C35H43N3O5/c1-23-7-5-8-28(30-9-6-10-32(36-30)38-14-13-35(3,34(39)40)31(38)22-41-4)33(23)43-21-25-17-24(2)29-20-37(19-26(29)18-25)27-11-15-42-16-12-27/h5-10,17-18,27,31H,11-16,19-22H2,1-4H3,(H,39,40)/t31?,35-/m1/s1. The Balaban J connectivity index is 1.23. The highest BCUT2D eigenvalue weighted by Gasteiger charge is 2.50. The third kappa shape index (κ3) is 5.76. The molecule has 0 radical (unpaired) electrons. The number of aliphatic carboxylic acids is 1. The van der Waals surface area contributed by atoms with E-state index in [1.54, 1.807) is 14.0 Å². The summed E-state index contributed by atoms with van der Waals surface area (Å²) in [6.07, 6.45) is 2.75. The van der Waals surface area contributed by atoms with E-state index in [1.165, 1.54) is 22.3 Å². The van der Waals surface area contributed by atoms with Crippen molar-refractivity contribution in [2.75, 3.05) is 38.4 Å². The fraction of sp³-hybridized carbons (Fsp3) is 0.486. The first-order valence-electron chi connectivity index (χ1n) is 15.4. The quantitative estimate of drug-likeness (QED) is 0.340.